The van der Waals surface area contributed by atoms with Crippen LogP contribution in [0, 0.1) is 0 Å². The van der Waals surface area contributed by atoms with Gasteiger partial charge in [0.15, 0.2) is 0 Å². The van der Waals surface area contributed by atoms with Crippen LogP contribution in [0.2, 0.25) is 0 Å². The van der Waals surface area contributed by atoms with Gasteiger partial charge in [0.2, 0.25) is 0 Å². The zero-order chi connectivity index (χ0) is 9.80. The van der Waals surface area contributed by atoms with E-state index in [4.69, 9.17) is 5.84 Å². The predicted octanol–water partition coefficient (Wildman–Crippen LogP) is 0.508. The third-order valence-corrected chi connectivity index (χ3v) is 2.78. The lowest BCUT2D eigenvalue weighted by molar-refractivity contribution is 0.254. The monoisotopic (exact) mass is 191 g/mol. The van der Waals surface area contributed by atoms with Gasteiger partial charge >= 0.3 is 0 Å². The maximum Gasteiger partial charge on any atom is 0.0237 e. The fraction of sp³-hybridized carbons (Fsp3) is 0.455. The number of nitrogens with two attached hydrogens (primary N) is 1. The average molecular weight is 191 g/mol. The highest BCUT2D eigenvalue weighted by molar-refractivity contribution is 5.28. The minimum absolute atomic E-state index is 0.863. The number of nitrogens with zero attached hydrogens (tertiary/aromatic N) is 1. The second-order valence-corrected chi connectivity index (χ2v) is 3.75. The van der Waals surface area contributed by atoms with E-state index in [9.17, 15) is 0 Å². The molecule has 1 aromatic carbocycles. The van der Waals surface area contributed by atoms with Crippen molar-refractivity contribution in [2.75, 3.05) is 19.6 Å². The number of nitrogens with one attached hydrogen (secondary N) is 1. The van der Waals surface area contributed by atoms with Crippen LogP contribution in [0.3, 0.4) is 0 Å². The lowest BCUT2D eigenvalue weighted by atomic mass is 10.0. The molecule has 3 nitrogen and oxygen atoms in total. The Hall–Kier alpha value is -0.900. The first kappa shape index (κ1) is 9.65. The lowest BCUT2D eigenvalue weighted by Crippen LogP contribution is -2.37. The second-order valence-electron chi connectivity index (χ2n) is 3.75. The predicted molar refractivity (Wildman–Crippen MR) is 57.6 cm³/mol. The van der Waals surface area contributed by atoms with Gasteiger partial charge in [-0.05, 0) is 17.5 Å². The van der Waals surface area contributed by atoms with Crippen molar-refractivity contribution in [1.82, 2.24) is 10.3 Å². The number of benzene rings is 1. The third kappa shape index (κ3) is 2.12. The van der Waals surface area contributed by atoms with Gasteiger partial charge < -0.3 is 0 Å². The first-order valence-electron chi connectivity index (χ1n) is 5.13. The first-order chi connectivity index (χ1) is 6.90. The van der Waals surface area contributed by atoms with E-state index >= 15 is 0 Å². The summed E-state index contributed by atoms with van der Waals surface area (Å²) >= 11 is 0. The van der Waals surface area contributed by atoms with Crippen LogP contribution in [0.1, 0.15) is 11.1 Å². The summed E-state index contributed by atoms with van der Waals surface area (Å²) in [7, 11) is 0. The van der Waals surface area contributed by atoms with Crippen LogP contribution >= 0.6 is 0 Å². The van der Waals surface area contributed by atoms with E-state index in [1.165, 1.54) is 17.5 Å². The first-order valence-corrected chi connectivity index (χ1v) is 5.13. The number of fused-ring (bicyclic) bond motifs is 1. The van der Waals surface area contributed by atoms with Crippen LogP contribution in [-0.4, -0.2) is 24.5 Å². The van der Waals surface area contributed by atoms with E-state index in [-0.39, 0.29) is 0 Å². The topological polar surface area (TPSA) is 41.3 Å². The van der Waals surface area contributed by atoms with Gasteiger partial charge in [-0.15, -0.1) is 0 Å². The minimum Gasteiger partial charge on any atom is -0.297 e. The van der Waals surface area contributed by atoms with Crippen molar-refractivity contribution < 1.29 is 0 Å². The molecule has 0 bridgehead atoms. The van der Waals surface area contributed by atoms with Crippen LogP contribution in [0.15, 0.2) is 24.3 Å². The van der Waals surface area contributed by atoms with Gasteiger partial charge in [-0.2, -0.15) is 0 Å². The fourth-order valence-corrected chi connectivity index (χ4v) is 1.97. The molecular weight excluding hydrogens is 174 g/mol. The fourth-order valence-electron chi connectivity index (χ4n) is 1.97. The summed E-state index contributed by atoms with van der Waals surface area (Å²) in [5.74, 6) is 5.26. The van der Waals surface area contributed by atoms with Crippen molar-refractivity contribution in [1.29, 1.82) is 0 Å². The zero-order valence-corrected chi connectivity index (χ0v) is 8.37. The molecule has 0 saturated carbocycles. The van der Waals surface area contributed by atoms with E-state index in [0.29, 0.717) is 0 Å². The van der Waals surface area contributed by atoms with E-state index in [2.05, 4.69) is 34.6 Å². The summed E-state index contributed by atoms with van der Waals surface area (Å²) in [6, 6.07) is 8.69. The van der Waals surface area contributed by atoms with Crippen molar-refractivity contribution >= 4 is 0 Å². The maximum absolute atomic E-state index is 5.26. The summed E-state index contributed by atoms with van der Waals surface area (Å²) < 4.78 is 0. The summed E-state index contributed by atoms with van der Waals surface area (Å²) in [6.07, 6.45) is 1.17. The van der Waals surface area contributed by atoms with Crippen molar-refractivity contribution in [3.8, 4) is 0 Å². The molecular formula is C11H17N3. The van der Waals surface area contributed by atoms with E-state index in [1.54, 1.807) is 0 Å². The second kappa shape index (κ2) is 4.55. The van der Waals surface area contributed by atoms with Crippen molar-refractivity contribution in [2.24, 2.45) is 5.84 Å². The molecule has 1 heterocycles. The van der Waals surface area contributed by atoms with Crippen LogP contribution in [0.25, 0.3) is 0 Å². The Labute approximate surface area is 84.9 Å². The zero-order valence-electron chi connectivity index (χ0n) is 8.37. The molecule has 0 atom stereocenters. The molecule has 0 fully saturated rings. The largest absolute Gasteiger partial charge is 0.297 e. The molecule has 0 aromatic heterocycles. The molecule has 14 heavy (non-hydrogen) atoms. The Kier molecular flexibility index (Phi) is 3.14. The van der Waals surface area contributed by atoms with Gasteiger partial charge in [-0.1, -0.05) is 24.3 Å². The molecule has 76 valence electrons. The summed E-state index contributed by atoms with van der Waals surface area (Å²) in [5, 5.41) is 0. The molecule has 3 N–H and O–H groups in total. The third-order valence-electron chi connectivity index (χ3n) is 2.78. The molecule has 1 aliphatic heterocycles. The smallest absolute Gasteiger partial charge is 0.0237 e. The Morgan fingerprint density at radius 2 is 2.07 bits per heavy atom. The number of hydrogen-bond donors (Lipinski definition) is 2. The molecule has 0 spiro atoms. The maximum atomic E-state index is 5.26. The van der Waals surface area contributed by atoms with Gasteiger partial charge in [-0.25, -0.2) is 0 Å². The quantitative estimate of drug-likeness (QED) is 0.540. The molecule has 0 aliphatic carbocycles. The number of hydrogen-bond acceptors (Lipinski definition) is 3. The molecule has 0 radical (unpaired) electrons. The van der Waals surface area contributed by atoms with Crippen molar-refractivity contribution in [3.63, 3.8) is 0 Å². The van der Waals surface area contributed by atoms with Gasteiger partial charge in [0.1, 0.15) is 0 Å². The minimum atomic E-state index is 0.863. The van der Waals surface area contributed by atoms with Crippen molar-refractivity contribution in [3.05, 3.63) is 35.4 Å². The Bertz CT molecular complexity index is 298. The molecule has 1 aliphatic rings. The lowest BCUT2D eigenvalue weighted by Gasteiger charge is -2.28. The van der Waals surface area contributed by atoms with Gasteiger partial charge in [0, 0.05) is 26.2 Å². The van der Waals surface area contributed by atoms with Crippen LogP contribution in [0.5, 0.6) is 0 Å². The molecule has 0 unspecified atom stereocenters. The molecule has 0 amide bonds. The standard InChI is InChI=1S/C11H17N3/c12-13-6-8-14-7-5-10-3-1-2-4-11(10)9-14/h1-4,13H,5-9,12H2. The van der Waals surface area contributed by atoms with Crippen LogP contribution in [0.4, 0.5) is 0 Å². The average Bonchev–Trinajstić information content (AvgIpc) is 2.26. The number of rotatable bonds is 3. The van der Waals surface area contributed by atoms with E-state index < -0.39 is 0 Å². The van der Waals surface area contributed by atoms with Crippen LogP contribution < -0.4 is 11.3 Å². The molecule has 0 saturated heterocycles. The normalized spacial score (nSPS) is 16.6. The molecule has 3 heteroatoms. The highest BCUT2D eigenvalue weighted by Gasteiger charge is 2.14. The van der Waals surface area contributed by atoms with Crippen molar-refractivity contribution in [2.45, 2.75) is 13.0 Å². The number of hydrazine groups is 1. The summed E-state index contributed by atoms with van der Waals surface area (Å²) in [4.78, 5) is 2.43. The SMILES string of the molecule is NNCCN1CCc2ccccc2C1. The molecule has 1 aromatic rings. The Balaban J connectivity index is 1.99. The van der Waals surface area contributed by atoms with Crippen LogP contribution in [-0.2, 0) is 13.0 Å². The highest BCUT2D eigenvalue weighted by Crippen LogP contribution is 2.17. The van der Waals surface area contributed by atoms with E-state index in [1.807, 2.05) is 0 Å². The van der Waals surface area contributed by atoms with Gasteiger partial charge in [-0.3, -0.25) is 16.2 Å². The summed E-state index contributed by atoms with van der Waals surface area (Å²) in [6.45, 7) is 4.11. The summed E-state index contributed by atoms with van der Waals surface area (Å²) in [5.41, 5.74) is 5.67. The van der Waals surface area contributed by atoms with Gasteiger partial charge in [0.25, 0.3) is 0 Å². The van der Waals surface area contributed by atoms with E-state index in [0.717, 1.165) is 26.2 Å². The molecule has 2 rings (SSSR count). The van der Waals surface area contributed by atoms with Gasteiger partial charge in [0.05, 0.1) is 0 Å². The Morgan fingerprint density at radius 1 is 1.29 bits per heavy atom. The highest BCUT2D eigenvalue weighted by atomic mass is 15.2. The Morgan fingerprint density at radius 3 is 2.86 bits per heavy atom.